The maximum absolute atomic E-state index is 15.4. The lowest BCUT2D eigenvalue weighted by Crippen LogP contribution is -2.43. The number of aromatic nitrogens is 2. The molecule has 1 unspecified atom stereocenters. The normalized spacial score (nSPS) is 24.2. The van der Waals surface area contributed by atoms with E-state index in [1.807, 2.05) is 11.9 Å². The van der Waals surface area contributed by atoms with Crippen molar-refractivity contribution in [3.05, 3.63) is 56.9 Å². The highest BCUT2D eigenvalue weighted by molar-refractivity contribution is 7.34. The van der Waals surface area contributed by atoms with Gasteiger partial charge in [0.25, 0.3) is 5.56 Å². The van der Waals surface area contributed by atoms with Crippen LogP contribution >= 0.6 is 8.17 Å². The van der Waals surface area contributed by atoms with Crippen molar-refractivity contribution in [2.24, 2.45) is 4.74 Å². The maximum Gasteiger partial charge on any atom is 0.395 e. The van der Waals surface area contributed by atoms with Gasteiger partial charge in [-0.2, -0.15) is 0 Å². The van der Waals surface area contributed by atoms with E-state index in [0.717, 1.165) is 30.2 Å². The summed E-state index contributed by atoms with van der Waals surface area (Å²) in [4.78, 5) is 49.7. The lowest BCUT2D eigenvalue weighted by Gasteiger charge is -2.24. The van der Waals surface area contributed by atoms with Crippen LogP contribution in [0.1, 0.15) is 45.4 Å². The molecule has 1 aliphatic rings. The van der Waals surface area contributed by atoms with Gasteiger partial charge < -0.3 is 24.2 Å². The van der Waals surface area contributed by atoms with Crippen LogP contribution in [-0.2, 0) is 14.3 Å². The van der Waals surface area contributed by atoms with E-state index < -0.39 is 55.5 Å². The van der Waals surface area contributed by atoms with E-state index in [-0.39, 0.29) is 24.7 Å². The fourth-order valence-electron chi connectivity index (χ4n) is 3.67. The van der Waals surface area contributed by atoms with Crippen LogP contribution in [-0.4, -0.2) is 57.8 Å². The summed E-state index contributed by atoms with van der Waals surface area (Å²) in [6, 6.07) is 4.66. The van der Waals surface area contributed by atoms with Gasteiger partial charge in [-0.05, 0) is 38.8 Å². The molecule has 0 spiro atoms. The number of hydrogen-bond acceptors (Lipinski definition) is 10. The number of aryl methyl sites for hydroxylation is 1. The molecule has 6 atom stereocenters. The summed E-state index contributed by atoms with van der Waals surface area (Å²) in [5, 5.41) is 10.5. The molecule has 1 saturated heterocycles. The van der Waals surface area contributed by atoms with Crippen molar-refractivity contribution in [2.45, 2.75) is 70.7 Å². The molecule has 2 aromatic rings. The summed E-state index contributed by atoms with van der Waals surface area (Å²) < 4.78 is 41.8. The molecule has 1 aromatic carbocycles. The standard InChI is InChI=1S/C24H31FN3O9P/c1-5-6-11-34-21(31)15(3)27-38(33)37-16-8-7-14(2)17(12-16)35-13-18-20(30)24(4,25)22(36-18)28-10-9-19(29)26-23(28)32/h7-10,12,15,18,20,22,30H,5-6,11,13H2,1-4H3,(H,26,29,32)/t15-,18+,20+,22+,24+/m0/s1. The van der Waals surface area contributed by atoms with Crippen molar-refractivity contribution in [3.8, 4) is 11.5 Å². The molecule has 1 aliphatic heterocycles. The van der Waals surface area contributed by atoms with Crippen LogP contribution in [0.25, 0.3) is 0 Å². The Morgan fingerprint density at radius 3 is 2.82 bits per heavy atom. The van der Waals surface area contributed by atoms with E-state index in [4.69, 9.17) is 18.7 Å². The third-order valence-electron chi connectivity index (χ3n) is 5.92. The average Bonchev–Trinajstić information content (AvgIpc) is 3.07. The van der Waals surface area contributed by atoms with Crippen molar-refractivity contribution in [3.63, 3.8) is 0 Å². The third kappa shape index (κ3) is 7.04. The molecule has 38 heavy (non-hydrogen) atoms. The summed E-state index contributed by atoms with van der Waals surface area (Å²) in [6.45, 7) is 6.19. The zero-order chi connectivity index (χ0) is 28.0. The highest BCUT2D eigenvalue weighted by Crippen LogP contribution is 2.41. The first-order valence-corrected chi connectivity index (χ1v) is 13.2. The van der Waals surface area contributed by atoms with Crippen LogP contribution in [0.3, 0.4) is 0 Å². The van der Waals surface area contributed by atoms with Gasteiger partial charge in [-0.15, -0.1) is 0 Å². The number of esters is 1. The molecule has 14 heteroatoms. The summed E-state index contributed by atoms with van der Waals surface area (Å²) in [7, 11) is -2.60. The van der Waals surface area contributed by atoms with E-state index in [9.17, 15) is 24.4 Å². The quantitative estimate of drug-likeness (QED) is 0.239. The SMILES string of the molecule is CCCCOC(=O)[C@H](C)N=[P+]([O-])Oc1ccc(C)c(OC[C@H]2O[C@@H](n3ccc(=O)[nH]c3=O)[C@](C)(F)[C@@H]2O)c1. The summed E-state index contributed by atoms with van der Waals surface area (Å²) in [5.41, 5.74) is -3.26. The predicted molar refractivity (Wildman–Crippen MR) is 133 cm³/mol. The first-order valence-electron chi connectivity index (χ1n) is 12.0. The summed E-state index contributed by atoms with van der Waals surface area (Å²) in [5.74, 6) is -0.183. The predicted octanol–water partition coefficient (Wildman–Crippen LogP) is 1.88. The van der Waals surface area contributed by atoms with Crippen LogP contribution in [0, 0.1) is 6.92 Å². The zero-order valence-electron chi connectivity index (χ0n) is 21.5. The van der Waals surface area contributed by atoms with Gasteiger partial charge in [0, 0.05) is 18.3 Å². The van der Waals surface area contributed by atoms with Gasteiger partial charge in [-0.1, -0.05) is 24.2 Å². The van der Waals surface area contributed by atoms with Crippen LogP contribution in [0.15, 0.2) is 44.8 Å². The van der Waals surface area contributed by atoms with E-state index in [0.29, 0.717) is 12.0 Å². The van der Waals surface area contributed by atoms with Crippen molar-refractivity contribution in [2.75, 3.05) is 13.2 Å². The Labute approximate surface area is 219 Å². The molecule has 3 rings (SSSR count). The number of nitrogens with zero attached hydrogens (tertiary/aromatic N) is 2. The highest BCUT2D eigenvalue weighted by atomic mass is 31.1. The van der Waals surface area contributed by atoms with E-state index in [1.54, 1.807) is 13.0 Å². The Morgan fingerprint density at radius 1 is 1.39 bits per heavy atom. The molecule has 0 saturated carbocycles. The molecule has 0 aliphatic carbocycles. The van der Waals surface area contributed by atoms with Crippen molar-refractivity contribution < 1.29 is 37.9 Å². The Bertz CT molecular complexity index is 1280. The Kier molecular flexibility index (Phi) is 9.77. The molecule has 0 amide bonds. The number of rotatable bonds is 11. The zero-order valence-corrected chi connectivity index (χ0v) is 22.4. The number of carbonyl (C=O) groups is 1. The highest BCUT2D eigenvalue weighted by Gasteiger charge is 2.55. The first kappa shape index (κ1) is 29.4. The molecule has 0 bridgehead atoms. The van der Waals surface area contributed by atoms with Gasteiger partial charge in [0.05, 0.1) is 6.61 Å². The summed E-state index contributed by atoms with van der Waals surface area (Å²) in [6.07, 6.45) is -1.66. The number of carbonyl (C=O) groups excluding carboxylic acids is 1. The smallest absolute Gasteiger partial charge is 0.395 e. The molecule has 2 N–H and O–H groups in total. The number of nitrogens with one attached hydrogen (secondary N) is 1. The number of halogens is 1. The minimum atomic E-state index is -2.60. The van der Waals surface area contributed by atoms with Crippen LogP contribution in [0.2, 0.25) is 0 Å². The van der Waals surface area contributed by atoms with Crippen LogP contribution in [0.4, 0.5) is 4.39 Å². The summed E-state index contributed by atoms with van der Waals surface area (Å²) >= 11 is 0. The van der Waals surface area contributed by atoms with E-state index in [1.165, 1.54) is 19.1 Å². The van der Waals surface area contributed by atoms with Gasteiger partial charge in [0.2, 0.25) is 0 Å². The Hall–Kier alpha value is -3.12. The number of alkyl halides is 1. The molecule has 0 radical (unpaired) electrons. The molecule has 208 valence electrons. The van der Waals surface area contributed by atoms with E-state index in [2.05, 4.69) is 4.74 Å². The largest absolute Gasteiger partial charge is 0.575 e. The fourth-order valence-corrected chi connectivity index (χ4v) is 4.39. The van der Waals surface area contributed by atoms with Crippen LogP contribution in [0.5, 0.6) is 11.5 Å². The molecular formula is C24H31FN3O9P. The first-order chi connectivity index (χ1) is 17.9. The number of aliphatic hydroxyl groups is 1. The van der Waals surface area contributed by atoms with Gasteiger partial charge in [0.15, 0.2) is 23.7 Å². The van der Waals surface area contributed by atoms with Gasteiger partial charge in [0.1, 0.15) is 24.6 Å². The van der Waals surface area contributed by atoms with Gasteiger partial charge in [-0.25, -0.2) is 14.0 Å². The number of aliphatic hydroxyl groups excluding tert-OH is 1. The minimum absolute atomic E-state index is 0.142. The van der Waals surface area contributed by atoms with Crippen molar-refractivity contribution >= 4 is 14.1 Å². The van der Waals surface area contributed by atoms with E-state index >= 15 is 4.39 Å². The fraction of sp³-hybridized carbons (Fsp3) is 0.542. The maximum atomic E-state index is 15.4. The second kappa shape index (κ2) is 12.6. The molecular weight excluding hydrogens is 524 g/mol. The second-order valence-corrected chi connectivity index (χ2v) is 9.91. The topological polar surface area (TPSA) is 164 Å². The second-order valence-electron chi connectivity index (χ2n) is 9.02. The number of unbranched alkanes of at least 4 members (excludes halogenated alkanes) is 1. The number of H-pyrrole nitrogens is 1. The molecule has 1 aromatic heterocycles. The number of aromatic amines is 1. The Balaban J connectivity index is 1.66. The van der Waals surface area contributed by atoms with Crippen LogP contribution < -0.4 is 25.4 Å². The van der Waals surface area contributed by atoms with Gasteiger partial charge in [-0.3, -0.25) is 18.9 Å². The van der Waals surface area contributed by atoms with Gasteiger partial charge >= 0.3 is 19.8 Å². The lowest BCUT2D eigenvalue weighted by molar-refractivity contribution is -0.169. The number of ether oxygens (including phenoxy) is 3. The molecule has 2 heterocycles. The average molecular weight is 555 g/mol. The Morgan fingerprint density at radius 2 is 2.13 bits per heavy atom. The third-order valence-corrected chi connectivity index (χ3v) is 6.82. The monoisotopic (exact) mass is 555 g/mol. The molecule has 12 nitrogen and oxygen atoms in total. The van der Waals surface area contributed by atoms with Crippen molar-refractivity contribution in [1.29, 1.82) is 0 Å². The minimum Gasteiger partial charge on any atom is -0.575 e. The molecule has 1 fully saturated rings. The van der Waals surface area contributed by atoms with Crippen molar-refractivity contribution in [1.82, 2.24) is 9.55 Å². The number of benzene rings is 1. The lowest BCUT2D eigenvalue weighted by atomic mass is 9.98. The number of hydrogen-bond donors (Lipinski definition) is 2.